The highest BCUT2D eigenvalue weighted by atomic mass is 79.9. The first-order valence-corrected chi connectivity index (χ1v) is 7.88. The minimum absolute atomic E-state index is 0.566. The van der Waals surface area contributed by atoms with Crippen LogP contribution in [0.5, 0.6) is 0 Å². The Hall–Kier alpha value is -0.300. The van der Waals surface area contributed by atoms with E-state index in [1.54, 1.807) is 0 Å². The molecule has 0 bridgehead atoms. The third-order valence-electron chi connectivity index (χ3n) is 4.25. The van der Waals surface area contributed by atoms with Crippen LogP contribution in [0.25, 0.3) is 0 Å². The molecule has 1 fully saturated rings. The lowest BCUT2D eigenvalue weighted by Crippen LogP contribution is -2.03. The van der Waals surface area contributed by atoms with Gasteiger partial charge in [-0.15, -0.1) is 0 Å². The molecule has 1 aliphatic rings. The zero-order valence-corrected chi connectivity index (χ0v) is 12.5. The predicted octanol–water partition coefficient (Wildman–Crippen LogP) is 5.83. The molecule has 1 aromatic carbocycles. The largest absolute Gasteiger partial charge is 0.0836 e. The molecule has 0 heterocycles. The number of benzene rings is 1. The molecule has 0 saturated heterocycles. The normalized spacial score (nSPS) is 20.4. The van der Waals surface area contributed by atoms with E-state index in [9.17, 15) is 0 Å². The molecule has 1 aliphatic carbocycles. The molecule has 2 atom stereocenters. The van der Waals surface area contributed by atoms with Crippen molar-refractivity contribution < 1.29 is 0 Å². The Balaban J connectivity index is 2.06. The Kier molecular flexibility index (Phi) is 4.67. The summed E-state index contributed by atoms with van der Waals surface area (Å²) in [4.78, 5) is 0.566. The number of halogens is 1. The molecule has 17 heavy (non-hydrogen) atoms. The fraction of sp³-hybridized carbons (Fsp3) is 0.625. The molecular weight excluding hydrogens is 272 g/mol. The summed E-state index contributed by atoms with van der Waals surface area (Å²) in [7, 11) is 0. The van der Waals surface area contributed by atoms with Gasteiger partial charge in [0.15, 0.2) is 0 Å². The first kappa shape index (κ1) is 13.1. The van der Waals surface area contributed by atoms with Crippen LogP contribution in [0.4, 0.5) is 0 Å². The van der Waals surface area contributed by atoms with E-state index in [4.69, 9.17) is 0 Å². The highest BCUT2D eigenvalue weighted by Gasteiger charge is 2.23. The lowest BCUT2D eigenvalue weighted by molar-refractivity contribution is 0.542. The van der Waals surface area contributed by atoms with Crippen molar-refractivity contribution in [2.75, 3.05) is 0 Å². The van der Waals surface area contributed by atoms with Crippen LogP contribution in [0.1, 0.15) is 67.8 Å². The molecule has 0 N–H and O–H groups in total. The summed E-state index contributed by atoms with van der Waals surface area (Å²) in [5.41, 5.74) is 2.94. The van der Waals surface area contributed by atoms with E-state index >= 15 is 0 Å². The second-order valence-electron chi connectivity index (χ2n) is 5.42. The molecular formula is C16H23Br. The highest BCUT2D eigenvalue weighted by molar-refractivity contribution is 9.09. The maximum Gasteiger partial charge on any atom is 0.0423 e. The molecule has 0 radical (unpaired) electrons. The van der Waals surface area contributed by atoms with Crippen molar-refractivity contribution in [3.63, 3.8) is 0 Å². The van der Waals surface area contributed by atoms with Crippen LogP contribution in [-0.4, -0.2) is 0 Å². The lowest BCUT2D eigenvalue weighted by Gasteiger charge is -2.18. The SMILES string of the molecule is CCC(C)c1ccc(C(Br)C2CCCC2)cc1. The molecule has 0 spiro atoms. The van der Waals surface area contributed by atoms with Crippen LogP contribution in [0.15, 0.2) is 24.3 Å². The number of alkyl halides is 1. The second-order valence-corrected chi connectivity index (χ2v) is 6.41. The van der Waals surface area contributed by atoms with Crippen LogP contribution in [0, 0.1) is 5.92 Å². The van der Waals surface area contributed by atoms with Gasteiger partial charge in [0.05, 0.1) is 0 Å². The lowest BCUT2D eigenvalue weighted by atomic mass is 9.94. The molecule has 1 aromatic rings. The van der Waals surface area contributed by atoms with Gasteiger partial charge in [0.25, 0.3) is 0 Å². The van der Waals surface area contributed by atoms with E-state index in [0.717, 1.165) is 5.92 Å². The van der Waals surface area contributed by atoms with Crippen LogP contribution in [0.2, 0.25) is 0 Å². The summed E-state index contributed by atoms with van der Waals surface area (Å²) in [6.07, 6.45) is 6.83. The van der Waals surface area contributed by atoms with Gasteiger partial charge < -0.3 is 0 Å². The van der Waals surface area contributed by atoms with Crippen LogP contribution >= 0.6 is 15.9 Å². The van der Waals surface area contributed by atoms with Gasteiger partial charge >= 0.3 is 0 Å². The van der Waals surface area contributed by atoms with Crippen molar-refractivity contribution >= 4 is 15.9 Å². The van der Waals surface area contributed by atoms with Crippen molar-refractivity contribution in [3.8, 4) is 0 Å². The molecule has 1 heteroatoms. The van der Waals surface area contributed by atoms with Gasteiger partial charge in [-0.25, -0.2) is 0 Å². The smallest absolute Gasteiger partial charge is 0.0423 e. The standard InChI is InChI=1S/C16H23Br/c1-3-12(2)13-8-10-15(11-9-13)16(17)14-6-4-5-7-14/h8-12,14,16H,3-7H2,1-2H3. The monoisotopic (exact) mass is 294 g/mol. The van der Waals surface area contributed by atoms with Crippen molar-refractivity contribution in [3.05, 3.63) is 35.4 Å². The molecule has 2 rings (SSSR count). The molecule has 94 valence electrons. The summed E-state index contributed by atoms with van der Waals surface area (Å²) >= 11 is 3.89. The predicted molar refractivity (Wildman–Crippen MR) is 78.8 cm³/mol. The van der Waals surface area contributed by atoms with Gasteiger partial charge in [-0.3, -0.25) is 0 Å². The fourth-order valence-corrected chi connectivity index (χ4v) is 3.60. The minimum atomic E-state index is 0.566. The van der Waals surface area contributed by atoms with Crippen molar-refractivity contribution in [1.82, 2.24) is 0 Å². The van der Waals surface area contributed by atoms with Gasteiger partial charge in [-0.2, -0.15) is 0 Å². The topological polar surface area (TPSA) is 0 Å². The average Bonchev–Trinajstić information content (AvgIpc) is 2.91. The summed E-state index contributed by atoms with van der Waals surface area (Å²) in [5, 5.41) is 0. The Labute approximate surface area is 114 Å². The van der Waals surface area contributed by atoms with Gasteiger partial charge in [-0.1, -0.05) is 66.9 Å². The second kappa shape index (κ2) is 6.04. The van der Waals surface area contributed by atoms with Crippen LogP contribution in [0.3, 0.4) is 0 Å². The molecule has 0 aromatic heterocycles. The van der Waals surface area contributed by atoms with E-state index in [1.165, 1.54) is 43.2 Å². The fourth-order valence-electron chi connectivity index (χ4n) is 2.77. The van der Waals surface area contributed by atoms with E-state index in [1.807, 2.05) is 0 Å². The van der Waals surface area contributed by atoms with E-state index in [-0.39, 0.29) is 0 Å². The molecule has 1 saturated carbocycles. The maximum atomic E-state index is 3.89. The van der Waals surface area contributed by atoms with Gasteiger partial charge in [0.1, 0.15) is 0 Å². The third kappa shape index (κ3) is 3.13. The highest BCUT2D eigenvalue weighted by Crippen LogP contribution is 2.41. The third-order valence-corrected chi connectivity index (χ3v) is 5.53. The van der Waals surface area contributed by atoms with Crippen LogP contribution < -0.4 is 0 Å². The van der Waals surface area contributed by atoms with Crippen molar-refractivity contribution in [1.29, 1.82) is 0 Å². The Morgan fingerprint density at radius 2 is 1.65 bits per heavy atom. The first-order chi connectivity index (χ1) is 8.22. The first-order valence-electron chi connectivity index (χ1n) is 6.96. The van der Waals surface area contributed by atoms with Crippen molar-refractivity contribution in [2.24, 2.45) is 5.92 Å². The Morgan fingerprint density at radius 1 is 1.12 bits per heavy atom. The number of hydrogen-bond donors (Lipinski definition) is 0. The van der Waals surface area contributed by atoms with E-state index in [0.29, 0.717) is 10.7 Å². The molecule has 0 nitrogen and oxygen atoms in total. The molecule has 0 aliphatic heterocycles. The molecule has 2 unspecified atom stereocenters. The summed E-state index contributed by atoms with van der Waals surface area (Å²) < 4.78 is 0. The minimum Gasteiger partial charge on any atom is -0.0836 e. The maximum absolute atomic E-state index is 3.89. The zero-order chi connectivity index (χ0) is 12.3. The average molecular weight is 295 g/mol. The quantitative estimate of drug-likeness (QED) is 0.613. The Morgan fingerprint density at radius 3 is 2.18 bits per heavy atom. The number of hydrogen-bond acceptors (Lipinski definition) is 0. The van der Waals surface area contributed by atoms with E-state index < -0.39 is 0 Å². The summed E-state index contributed by atoms with van der Waals surface area (Å²) in [6, 6.07) is 9.26. The summed E-state index contributed by atoms with van der Waals surface area (Å²) in [5.74, 6) is 1.54. The van der Waals surface area contributed by atoms with Gasteiger partial charge in [0, 0.05) is 4.83 Å². The van der Waals surface area contributed by atoms with Crippen molar-refractivity contribution in [2.45, 2.75) is 56.7 Å². The van der Waals surface area contributed by atoms with Gasteiger partial charge in [0.2, 0.25) is 0 Å². The number of rotatable bonds is 4. The Bertz CT molecular complexity index is 335. The van der Waals surface area contributed by atoms with E-state index in [2.05, 4.69) is 54.0 Å². The van der Waals surface area contributed by atoms with Crippen LogP contribution in [-0.2, 0) is 0 Å². The zero-order valence-electron chi connectivity index (χ0n) is 11.0. The summed E-state index contributed by atoms with van der Waals surface area (Å²) in [6.45, 7) is 4.56. The van der Waals surface area contributed by atoms with Gasteiger partial charge in [-0.05, 0) is 42.2 Å². The molecule has 0 amide bonds.